The van der Waals surface area contributed by atoms with Gasteiger partial charge in [-0.15, -0.1) is 0 Å². The molecule has 1 aliphatic rings. The molecule has 0 amide bonds. The maximum absolute atomic E-state index is 5.70. The Morgan fingerprint density at radius 2 is 2.00 bits per heavy atom. The third-order valence-corrected chi connectivity index (χ3v) is 3.81. The molecule has 0 radical (unpaired) electrons. The van der Waals surface area contributed by atoms with E-state index >= 15 is 0 Å². The highest BCUT2D eigenvalue weighted by Gasteiger charge is 2.21. The van der Waals surface area contributed by atoms with E-state index in [2.05, 4.69) is 36.6 Å². The minimum absolute atomic E-state index is 0.323. The summed E-state index contributed by atoms with van der Waals surface area (Å²) >= 11 is 0. The average molecular weight is 218 g/mol. The predicted octanol–water partition coefficient (Wildman–Crippen LogP) is 3.08. The number of hydrogen-bond acceptors (Lipinski definition) is 2. The van der Waals surface area contributed by atoms with Crippen LogP contribution < -0.4 is 11.3 Å². The van der Waals surface area contributed by atoms with Crippen LogP contribution in [0.1, 0.15) is 49.3 Å². The van der Waals surface area contributed by atoms with Crippen molar-refractivity contribution >= 4 is 0 Å². The van der Waals surface area contributed by atoms with Gasteiger partial charge in [0.1, 0.15) is 0 Å². The lowest BCUT2D eigenvalue weighted by molar-refractivity contribution is 0.399. The first-order chi connectivity index (χ1) is 7.81. The molecule has 0 heterocycles. The number of aryl methyl sites for hydroxylation is 1. The van der Waals surface area contributed by atoms with Gasteiger partial charge in [-0.25, -0.2) is 0 Å². The molecule has 0 bridgehead atoms. The molecule has 0 aromatic heterocycles. The van der Waals surface area contributed by atoms with E-state index in [9.17, 15) is 0 Å². The second kappa shape index (κ2) is 5.46. The van der Waals surface area contributed by atoms with E-state index in [4.69, 9.17) is 5.84 Å². The molecule has 16 heavy (non-hydrogen) atoms. The number of benzene rings is 1. The summed E-state index contributed by atoms with van der Waals surface area (Å²) in [6.07, 6.45) is 6.74. The van der Waals surface area contributed by atoms with Crippen molar-refractivity contribution in [1.82, 2.24) is 5.43 Å². The summed E-state index contributed by atoms with van der Waals surface area (Å²) in [4.78, 5) is 0. The Labute approximate surface area is 98.2 Å². The zero-order valence-corrected chi connectivity index (χ0v) is 10.1. The zero-order valence-electron chi connectivity index (χ0n) is 10.1. The Bertz CT molecular complexity index is 329. The van der Waals surface area contributed by atoms with Crippen molar-refractivity contribution in [2.75, 3.05) is 0 Å². The molecule has 0 spiro atoms. The molecule has 1 aromatic rings. The third-order valence-electron chi connectivity index (χ3n) is 3.81. The summed E-state index contributed by atoms with van der Waals surface area (Å²) in [5.41, 5.74) is 5.68. The van der Waals surface area contributed by atoms with E-state index in [0.29, 0.717) is 6.04 Å². The number of nitrogens with two attached hydrogens (primary N) is 1. The van der Waals surface area contributed by atoms with Crippen molar-refractivity contribution in [1.29, 1.82) is 0 Å². The van der Waals surface area contributed by atoms with Gasteiger partial charge >= 0.3 is 0 Å². The van der Waals surface area contributed by atoms with Gasteiger partial charge in [0, 0.05) is 6.04 Å². The van der Waals surface area contributed by atoms with E-state index < -0.39 is 0 Å². The van der Waals surface area contributed by atoms with Gasteiger partial charge in [-0.2, -0.15) is 0 Å². The van der Waals surface area contributed by atoms with Gasteiger partial charge in [0.25, 0.3) is 0 Å². The molecule has 1 aromatic carbocycles. The minimum atomic E-state index is 0.323. The van der Waals surface area contributed by atoms with Crippen LogP contribution in [0.4, 0.5) is 0 Å². The van der Waals surface area contributed by atoms with Crippen LogP contribution in [0.25, 0.3) is 0 Å². The lowest BCUT2D eigenvalue weighted by atomic mass is 9.92. The van der Waals surface area contributed by atoms with Crippen LogP contribution in [-0.4, -0.2) is 0 Å². The van der Waals surface area contributed by atoms with Gasteiger partial charge < -0.3 is 0 Å². The molecule has 88 valence electrons. The van der Waals surface area contributed by atoms with Crippen LogP contribution in [0, 0.1) is 12.8 Å². The summed E-state index contributed by atoms with van der Waals surface area (Å²) in [7, 11) is 0. The summed E-state index contributed by atoms with van der Waals surface area (Å²) in [6.45, 7) is 2.16. The van der Waals surface area contributed by atoms with E-state index in [0.717, 1.165) is 5.92 Å². The van der Waals surface area contributed by atoms with Crippen LogP contribution in [0.2, 0.25) is 0 Å². The van der Waals surface area contributed by atoms with Gasteiger partial charge in [0.2, 0.25) is 0 Å². The second-order valence-electron chi connectivity index (χ2n) is 4.96. The quantitative estimate of drug-likeness (QED) is 0.602. The van der Waals surface area contributed by atoms with Gasteiger partial charge in [-0.3, -0.25) is 11.3 Å². The van der Waals surface area contributed by atoms with Crippen molar-refractivity contribution in [2.45, 2.75) is 45.1 Å². The van der Waals surface area contributed by atoms with Gasteiger partial charge in [-0.05, 0) is 30.4 Å². The SMILES string of the molecule is Cc1ccccc1C(CC1CCCC1)NN. The van der Waals surface area contributed by atoms with Crippen LogP contribution in [0.5, 0.6) is 0 Å². The fourth-order valence-electron chi connectivity index (χ4n) is 2.84. The van der Waals surface area contributed by atoms with Gasteiger partial charge in [0.05, 0.1) is 0 Å². The van der Waals surface area contributed by atoms with Crippen LogP contribution in [-0.2, 0) is 0 Å². The van der Waals surface area contributed by atoms with Crippen LogP contribution >= 0.6 is 0 Å². The van der Waals surface area contributed by atoms with E-state index in [-0.39, 0.29) is 0 Å². The topological polar surface area (TPSA) is 38.0 Å². The van der Waals surface area contributed by atoms with Gasteiger partial charge in [-0.1, -0.05) is 49.9 Å². The van der Waals surface area contributed by atoms with E-state index in [1.165, 1.54) is 43.2 Å². The molecule has 1 aliphatic carbocycles. The first kappa shape index (κ1) is 11.6. The van der Waals surface area contributed by atoms with Crippen LogP contribution in [0.3, 0.4) is 0 Å². The fourth-order valence-corrected chi connectivity index (χ4v) is 2.84. The second-order valence-corrected chi connectivity index (χ2v) is 4.96. The lowest BCUT2D eigenvalue weighted by Gasteiger charge is -2.21. The molecule has 3 N–H and O–H groups in total. The summed E-state index contributed by atoms with van der Waals surface area (Å²) in [5, 5.41) is 0. The molecular weight excluding hydrogens is 196 g/mol. The maximum Gasteiger partial charge on any atom is 0.0465 e. The zero-order chi connectivity index (χ0) is 11.4. The maximum atomic E-state index is 5.70. The normalized spacial score (nSPS) is 18.9. The summed E-state index contributed by atoms with van der Waals surface area (Å²) in [6, 6.07) is 8.86. The minimum Gasteiger partial charge on any atom is -0.271 e. The molecule has 0 saturated heterocycles. The Morgan fingerprint density at radius 1 is 1.31 bits per heavy atom. The molecule has 2 rings (SSSR count). The van der Waals surface area contributed by atoms with Crippen molar-refractivity contribution in [3.8, 4) is 0 Å². The van der Waals surface area contributed by atoms with E-state index in [1.807, 2.05) is 0 Å². The first-order valence-electron chi connectivity index (χ1n) is 6.33. The number of rotatable bonds is 4. The largest absolute Gasteiger partial charge is 0.271 e. The van der Waals surface area contributed by atoms with Gasteiger partial charge in [0.15, 0.2) is 0 Å². The number of hydrazine groups is 1. The smallest absolute Gasteiger partial charge is 0.0465 e. The van der Waals surface area contributed by atoms with Crippen molar-refractivity contribution < 1.29 is 0 Å². The fraction of sp³-hybridized carbons (Fsp3) is 0.571. The molecular formula is C14H22N2. The highest BCUT2D eigenvalue weighted by molar-refractivity contribution is 5.28. The average Bonchev–Trinajstić information content (AvgIpc) is 2.80. The van der Waals surface area contributed by atoms with Crippen LogP contribution in [0.15, 0.2) is 24.3 Å². The first-order valence-corrected chi connectivity index (χ1v) is 6.33. The van der Waals surface area contributed by atoms with Crippen molar-refractivity contribution in [3.63, 3.8) is 0 Å². The molecule has 2 nitrogen and oxygen atoms in total. The highest BCUT2D eigenvalue weighted by Crippen LogP contribution is 2.33. The Morgan fingerprint density at radius 3 is 2.62 bits per heavy atom. The third kappa shape index (κ3) is 2.63. The Balaban J connectivity index is 2.06. The molecule has 0 aliphatic heterocycles. The Hall–Kier alpha value is -0.860. The molecule has 1 atom stereocenters. The molecule has 1 unspecified atom stereocenters. The monoisotopic (exact) mass is 218 g/mol. The molecule has 1 saturated carbocycles. The summed E-state index contributed by atoms with van der Waals surface area (Å²) < 4.78 is 0. The molecule has 1 fully saturated rings. The predicted molar refractivity (Wildman–Crippen MR) is 67.8 cm³/mol. The lowest BCUT2D eigenvalue weighted by Crippen LogP contribution is -2.29. The van der Waals surface area contributed by atoms with E-state index in [1.54, 1.807) is 0 Å². The molecule has 2 heteroatoms. The standard InChI is InChI=1S/C14H22N2/c1-11-6-2-5-9-13(11)14(16-15)10-12-7-3-4-8-12/h2,5-6,9,12,14,16H,3-4,7-8,10,15H2,1H3. The van der Waals surface area contributed by atoms with Crippen molar-refractivity contribution in [2.24, 2.45) is 11.8 Å². The summed E-state index contributed by atoms with van der Waals surface area (Å²) in [5.74, 6) is 6.56. The van der Waals surface area contributed by atoms with Crippen molar-refractivity contribution in [3.05, 3.63) is 35.4 Å². The number of nitrogens with one attached hydrogen (secondary N) is 1. The highest BCUT2D eigenvalue weighted by atomic mass is 15.2. The Kier molecular flexibility index (Phi) is 3.97. The number of hydrogen-bond donors (Lipinski definition) is 2.